The summed E-state index contributed by atoms with van der Waals surface area (Å²) in [5.41, 5.74) is 0. The van der Waals surface area contributed by atoms with Crippen molar-refractivity contribution in [1.29, 1.82) is 0 Å². The molecule has 1 aliphatic carbocycles. The van der Waals surface area contributed by atoms with Gasteiger partial charge in [-0.15, -0.1) is 0 Å². The van der Waals surface area contributed by atoms with Crippen LogP contribution in [0.25, 0.3) is 0 Å². The molecule has 0 spiro atoms. The van der Waals surface area contributed by atoms with Gasteiger partial charge < -0.3 is 45.0 Å². The monoisotopic (exact) mass is 951 g/mol. The molecule has 0 saturated heterocycles. The second kappa shape index (κ2) is 39.7. The molecule has 0 aromatic heterocycles. The zero-order valence-corrected chi connectivity index (χ0v) is 40.4. The highest BCUT2D eigenvalue weighted by molar-refractivity contribution is 7.47. The first kappa shape index (κ1) is 60.7. The van der Waals surface area contributed by atoms with Crippen molar-refractivity contribution in [3.05, 3.63) is 97.2 Å². The Hall–Kier alpha value is -3.27. The fourth-order valence-electron chi connectivity index (χ4n) is 6.52. The molecule has 14 nitrogen and oxygen atoms in total. The van der Waals surface area contributed by atoms with E-state index in [-0.39, 0.29) is 18.9 Å². The number of ether oxygens (including phenoxy) is 2. The fourth-order valence-corrected chi connectivity index (χ4v) is 7.49. The van der Waals surface area contributed by atoms with Crippen molar-refractivity contribution in [2.45, 2.75) is 198 Å². The van der Waals surface area contributed by atoms with Gasteiger partial charge >= 0.3 is 19.8 Å². The Labute approximate surface area is 394 Å². The Morgan fingerprint density at radius 2 is 0.939 bits per heavy atom. The van der Waals surface area contributed by atoms with E-state index in [9.17, 15) is 49.7 Å². The van der Waals surface area contributed by atoms with Crippen LogP contribution in [0.2, 0.25) is 0 Å². The van der Waals surface area contributed by atoms with Gasteiger partial charge in [0.25, 0.3) is 0 Å². The van der Waals surface area contributed by atoms with E-state index in [0.717, 1.165) is 83.5 Å². The molecule has 9 atom stereocenters. The van der Waals surface area contributed by atoms with E-state index >= 15 is 0 Å². The van der Waals surface area contributed by atoms with Gasteiger partial charge in [-0.3, -0.25) is 18.6 Å². The van der Waals surface area contributed by atoms with Crippen LogP contribution in [-0.4, -0.2) is 110 Å². The van der Waals surface area contributed by atoms with E-state index in [1.807, 2.05) is 18.2 Å². The fraction of sp³-hybridized carbons (Fsp3) is 0.647. The van der Waals surface area contributed by atoms with Gasteiger partial charge in [-0.25, -0.2) is 4.57 Å². The highest BCUT2D eigenvalue weighted by atomic mass is 31.2. The minimum atomic E-state index is -5.16. The van der Waals surface area contributed by atoms with Crippen molar-refractivity contribution in [2.75, 3.05) is 13.2 Å². The quantitative estimate of drug-likeness (QED) is 0.0133. The van der Waals surface area contributed by atoms with E-state index in [1.54, 1.807) is 6.92 Å². The number of rotatable bonds is 38. The third-order valence-corrected chi connectivity index (χ3v) is 11.4. The summed E-state index contributed by atoms with van der Waals surface area (Å²) in [6.07, 6.45) is 37.3. The van der Waals surface area contributed by atoms with Gasteiger partial charge in [-0.2, -0.15) is 0 Å². The molecular weight excluding hydrogens is 868 g/mol. The topological polar surface area (TPSA) is 230 Å². The normalized spacial score (nSPS) is 22.6. The Morgan fingerprint density at radius 1 is 0.530 bits per heavy atom. The van der Waals surface area contributed by atoms with Gasteiger partial charge in [0.15, 0.2) is 6.10 Å². The second-order valence-corrected chi connectivity index (χ2v) is 17.9. The number of hydrogen-bond acceptors (Lipinski definition) is 13. The molecule has 1 aliphatic rings. The average molecular weight is 951 g/mol. The average Bonchev–Trinajstić information content (AvgIpc) is 3.29. The van der Waals surface area contributed by atoms with Gasteiger partial charge in [0, 0.05) is 12.8 Å². The van der Waals surface area contributed by atoms with E-state index < -0.39 is 75.7 Å². The number of carbonyl (C=O) groups excluding carboxylic acids is 2. The molecule has 66 heavy (non-hydrogen) atoms. The predicted octanol–water partition coefficient (Wildman–Crippen LogP) is 8.80. The number of esters is 2. The highest BCUT2D eigenvalue weighted by Crippen LogP contribution is 2.47. The summed E-state index contributed by atoms with van der Waals surface area (Å²) in [6.45, 7) is 2.74. The zero-order chi connectivity index (χ0) is 48.7. The number of unbranched alkanes of at least 4 members (excludes halogenated alkanes) is 8. The molecule has 7 N–H and O–H groups in total. The molecule has 1 fully saturated rings. The van der Waals surface area contributed by atoms with Crippen LogP contribution < -0.4 is 0 Å². The number of allylic oxidation sites excluding steroid dienone is 16. The Bertz CT molecular complexity index is 1530. The van der Waals surface area contributed by atoms with Crippen LogP contribution in [0.5, 0.6) is 0 Å². The van der Waals surface area contributed by atoms with Crippen molar-refractivity contribution in [3.8, 4) is 0 Å². The molecule has 0 bridgehead atoms. The van der Waals surface area contributed by atoms with E-state index in [2.05, 4.69) is 85.9 Å². The summed E-state index contributed by atoms with van der Waals surface area (Å²) in [5.74, 6) is -1.23. The van der Waals surface area contributed by atoms with Crippen molar-refractivity contribution < 1.29 is 68.2 Å². The lowest BCUT2D eigenvalue weighted by atomic mass is 9.85. The highest BCUT2D eigenvalue weighted by Gasteiger charge is 2.51. The van der Waals surface area contributed by atoms with Crippen molar-refractivity contribution in [2.24, 2.45) is 0 Å². The van der Waals surface area contributed by atoms with E-state index in [0.29, 0.717) is 19.3 Å². The molecule has 3 unspecified atom stereocenters. The first-order valence-electron chi connectivity index (χ1n) is 24.1. The van der Waals surface area contributed by atoms with Crippen molar-refractivity contribution in [1.82, 2.24) is 0 Å². The first-order chi connectivity index (χ1) is 31.8. The summed E-state index contributed by atoms with van der Waals surface area (Å²) in [4.78, 5) is 35.7. The van der Waals surface area contributed by atoms with Crippen molar-refractivity contribution in [3.63, 3.8) is 0 Å². The van der Waals surface area contributed by atoms with E-state index in [1.165, 1.54) is 19.3 Å². The molecule has 0 aromatic rings. The standard InChI is InChI=1S/C51H83O14P/c1-3-4-5-6-7-8-9-10-11-12-13-14-17-20-23-26-29-32-35-38-44(53)62-40-43(41-63-66(60,61)65-51-49(58)47(56)46(55)48(57)50(51)59)64-45(54)39-36-33-30-27-24-21-18-15-16-19-22-25-28-31-34-37-42(2)52/h7-8,10-11,13-14,16,18-21,23,25,27-28,30,42-43,46-52,55-59H,3-6,9,12,15,17,22,24,26,29,31-41H2,1-2H3,(H,60,61)/b8-7-,11-10-,14-13-,19-16-,21-18-,23-20-,28-25-,30-27-/t42-,43+,46?,47-,48+,49+,50+,51?/m0/s1. The Kier molecular flexibility index (Phi) is 36.5. The Balaban J connectivity index is 2.52. The molecule has 0 amide bonds. The Morgan fingerprint density at radius 3 is 1.41 bits per heavy atom. The number of hydrogen-bond donors (Lipinski definition) is 7. The molecule has 15 heteroatoms. The maximum Gasteiger partial charge on any atom is 0.472 e. The van der Waals surface area contributed by atoms with Gasteiger partial charge in [0.05, 0.1) is 12.7 Å². The molecule has 376 valence electrons. The van der Waals surface area contributed by atoms with Gasteiger partial charge in [0.2, 0.25) is 0 Å². The molecule has 0 radical (unpaired) electrons. The van der Waals surface area contributed by atoms with Crippen LogP contribution in [0.1, 0.15) is 149 Å². The summed E-state index contributed by atoms with van der Waals surface area (Å²) >= 11 is 0. The predicted molar refractivity (Wildman–Crippen MR) is 259 cm³/mol. The zero-order valence-electron chi connectivity index (χ0n) is 39.6. The minimum Gasteiger partial charge on any atom is -0.462 e. The van der Waals surface area contributed by atoms with E-state index in [4.69, 9.17) is 18.5 Å². The van der Waals surface area contributed by atoms with Crippen LogP contribution in [0.15, 0.2) is 97.2 Å². The van der Waals surface area contributed by atoms with Crippen LogP contribution in [-0.2, 0) is 32.7 Å². The van der Waals surface area contributed by atoms with Gasteiger partial charge in [0.1, 0.15) is 43.2 Å². The lowest BCUT2D eigenvalue weighted by Crippen LogP contribution is -2.64. The largest absolute Gasteiger partial charge is 0.472 e. The number of aliphatic hydroxyl groups is 6. The summed E-state index contributed by atoms with van der Waals surface area (Å²) in [6, 6.07) is 0. The third kappa shape index (κ3) is 32.4. The maximum absolute atomic E-state index is 12.8. The first-order valence-corrected chi connectivity index (χ1v) is 25.6. The van der Waals surface area contributed by atoms with Crippen LogP contribution in [0, 0.1) is 0 Å². The SMILES string of the molecule is CCCCC/C=C\C/C=C\C/C=C\C/C=C\CCCCCC(=O)OC[C@H](COP(=O)(O)OC1[C@H](O)[C@H](O)C(O)[C@H](O)[C@H]1O)OC(=O)CCC/C=C\C/C=C\C/C=C\C/C=C\CCC[C@H](C)O. The number of phosphoric acid groups is 1. The van der Waals surface area contributed by atoms with Gasteiger partial charge in [-0.1, -0.05) is 123 Å². The smallest absolute Gasteiger partial charge is 0.462 e. The van der Waals surface area contributed by atoms with Crippen LogP contribution in [0.3, 0.4) is 0 Å². The molecule has 1 rings (SSSR count). The van der Waals surface area contributed by atoms with Crippen molar-refractivity contribution >= 4 is 19.8 Å². The lowest BCUT2D eigenvalue weighted by molar-refractivity contribution is -0.220. The minimum absolute atomic E-state index is 0.00425. The molecule has 0 aliphatic heterocycles. The summed E-state index contributed by atoms with van der Waals surface area (Å²) in [7, 11) is -5.16. The molecular formula is C51H83O14P. The number of phosphoric ester groups is 1. The summed E-state index contributed by atoms with van der Waals surface area (Å²) in [5, 5.41) is 59.5. The molecule has 0 aromatic carbocycles. The number of carbonyl (C=O) groups is 2. The van der Waals surface area contributed by atoms with Crippen LogP contribution >= 0.6 is 7.82 Å². The number of aliphatic hydroxyl groups excluding tert-OH is 6. The lowest BCUT2D eigenvalue weighted by Gasteiger charge is -2.41. The summed E-state index contributed by atoms with van der Waals surface area (Å²) < 4.78 is 33.5. The maximum atomic E-state index is 12.8. The second-order valence-electron chi connectivity index (χ2n) is 16.5. The molecule has 0 heterocycles. The third-order valence-electron chi connectivity index (χ3n) is 10.4. The van der Waals surface area contributed by atoms with Gasteiger partial charge in [-0.05, 0) is 110 Å². The van der Waals surface area contributed by atoms with Crippen LogP contribution in [0.4, 0.5) is 0 Å². The molecule has 1 saturated carbocycles.